The first-order valence-corrected chi connectivity index (χ1v) is 5.24. The summed E-state index contributed by atoms with van der Waals surface area (Å²) in [7, 11) is 0. The summed E-state index contributed by atoms with van der Waals surface area (Å²) < 4.78 is 10.1. The lowest BCUT2D eigenvalue weighted by atomic mass is 10.2. The molecule has 0 aliphatic rings. The molecule has 0 radical (unpaired) electrons. The lowest BCUT2D eigenvalue weighted by molar-refractivity contribution is 0.0528. The Hall–Kier alpha value is -1.36. The van der Waals surface area contributed by atoms with Gasteiger partial charge >= 0.3 is 5.97 Å². The Morgan fingerprint density at radius 1 is 1.60 bits per heavy atom. The molecule has 2 rings (SSSR count). The van der Waals surface area contributed by atoms with E-state index >= 15 is 0 Å². The molecule has 78 valence electrons. The summed E-state index contributed by atoms with van der Waals surface area (Å²) in [5.74, 6) is -0.385. The number of aromatic nitrogens is 1. The van der Waals surface area contributed by atoms with E-state index in [9.17, 15) is 4.79 Å². The SMILES string of the molecule is CCOC(=O)c1cccc2oc(Br)nc12. The van der Waals surface area contributed by atoms with E-state index in [0.29, 0.717) is 28.1 Å². The Labute approximate surface area is 94.4 Å². The molecule has 0 saturated carbocycles. The summed E-state index contributed by atoms with van der Waals surface area (Å²) in [6.07, 6.45) is 0. The average molecular weight is 270 g/mol. The van der Waals surface area contributed by atoms with Crippen LogP contribution in [-0.4, -0.2) is 17.6 Å². The number of carbonyl (C=O) groups excluding carboxylic acids is 1. The first-order valence-electron chi connectivity index (χ1n) is 4.44. The molecule has 0 spiro atoms. The van der Waals surface area contributed by atoms with Gasteiger partial charge in [-0.25, -0.2) is 9.78 Å². The van der Waals surface area contributed by atoms with Crippen molar-refractivity contribution in [1.82, 2.24) is 4.98 Å². The van der Waals surface area contributed by atoms with Gasteiger partial charge < -0.3 is 9.15 Å². The van der Waals surface area contributed by atoms with Gasteiger partial charge in [0.15, 0.2) is 5.58 Å². The van der Waals surface area contributed by atoms with E-state index in [2.05, 4.69) is 20.9 Å². The number of hydrogen-bond donors (Lipinski definition) is 0. The Bertz CT molecular complexity index is 506. The zero-order chi connectivity index (χ0) is 10.8. The summed E-state index contributed by atoms with van der Waals surface area (Å²) in [5.41, 5.74) is 1.50. The lowest BCUT2D eigenvalue weighted by Gasteiger charge is -2.00. The Kier molecular flexibility index (Phi) is 2.73. The van der Waals surface area contributed by atoms with Crippen molar-refractivity contribution in [3.05, 3.63) is 28.6 Å². The van der Waals surface area contributed by atoms with Crippen molar-refractivity contribution in [2.45, 2.75) is 6.92 Å². The van der Waals surface area contributed by atoms with Gasteiger partial charge in [-0.3, -0.25) is 0 Å². The molecule has 1 aromatic heterocycles. The average Bonchev–Trinajstić information content (AvgIpc) is 2.57. The van der Waals surface area contributed by atoms with Crippen LogP contribution in [0.25, 0.3) is 11.1 Å². The first kappa shape index (κ1) is 10.2. The zero-order valence-electron chi connectivity index (χ0n) is 7.99. The molecule has 1 aromatic carbocycles. The second kappa shape index (κ2) is 4.02. The third-order valence-electron chi connectivity index (χ3n) is 1.89. The standard InChI is InChI=1S/C10H8BrNO3/c1-2-14-9(13)6-4-3-5-7-8(6)12-10(11)15-7/h3-5H,2H2,1H3. The van der Waals surface area contributed by atoms with Crippen molar-refractivity contribution in [3.8, 4) is 0 Å². The number of fused-ring (bicyclic) bond motifs is 1. The number of para-hydroxylation sites is 1. The highest BCUT2D eigenvalue weighted by molar-refractivity contribution is 9.10. The third kappa shape index (κ3) is 1.87. The van der Waals surface area contributed by atoms with E-state index in [1.807, 2.05) is 0 Å². The molecular formula is C10H8BrNO3. The van der Waals surface area contributed by atoms with Crippen LogP contribution in [0.1, 0.15) is 17.3 Å². The van der Waals surface area contributed by atoms with E-state index in [-0.39, 0.29) is 5.97 Å². The van der Waals surface area contributed by atoms with E-state index in [1.54, 1.807) is 25.1 Å². The van der Waals surface area contributed by atoms with Gasteiger partial charge in [0.05, 0.1) is 12.2 Å². The molecule has 0 aliphatic carbocycles. The maximum Gasteiger partial charge on any atom is 0.340 e. The highest BCUT2D eigenvalue weighted by Gasteiger charge is 2.14. The topological polar surface area (TPSA) is 52.3 Å². The lowest BCUT2D eigenvalue weighted by Crippen LogP contribution is -2.05. The number of oxazole rings is 1. The highest BCUT2D eigenvalue weighted by Crippen LogP contribution is 2.22. The van der Waals surface area contributed by atoms with Crippen molar-refractivity contribution in [1.29, 1.82) is 0 Å². The third-order valence-corrected chi connectivity index (χ3v) is 2.23. The number of halogens is 1. The second-order valence-corrected chi connectivity index (χ2v) is 3.52. The van der Waals surface area contributed by atoms with Gasteiger partial charge in [0, 0.05) is 15.9 Å². The van der Waals surface area contributed by atoms with E-state index < -0.39 is 0 Å². The van der Waals surface area contributed by atoms with Crippen LogP contribution in [0, 0.1) is 0 Å². The zero-order valence-corrected chi connectivity index (χ0v) is 9.58. The van der Waals surface area contributed by atoms with Crippen molar-refractivity contribution >= 4 is 33.0 Å². The minimum atomic E-state index is -0.385. The predicted molar refractivity (Wildman–Crippen MR) is 57.7 cm³/mol. The molecule has 0 fully saturated rings. The largest absolute Gasteiger partial charge is 0.462 e. The van der Waals surface area contributed by atoms with Gasteiger partial charge in [-0.1, -0.05) is 6.07 Å². The fourth-order valence-electron chi connectivity index (χ4n) is 1.30. The van der Waals surface area contributed by atoms with Crippen molar-refractivity contribution in [3.63, 3.8) is 0 Å². The van der Waals surface area contributed by atoms with Crippen LogP contribution in [0.5, 0.6) is 0 Å². The maximum absolute atomic E-state index is 11.5. The van der Waals surface area contributed by atoms with Gasteiger partial charge in [0.2, 0.25) is 0 Å². The maximum atomic E-state index is 11.5. The van der Waals surface area contributed by atoms with E-state index in [4.69, 9.17) is 9.15 Å². The van der Waals surface area contributed by atoms with Gasteiger partial charge in [-0.05, 0) is 19.1 Å². The van der Waals surface area contributed by atoms with E-state index in [1.165, 1.54) is 0 Å². The molecule has 0 aliphatic heterocycles. The fourth-order valence-corrected chi connectivity index (χ4v) is 1.65. The molecule has 15 heavy (non-hydrogen) atoms. The molecular weight excluding hydrogens is 262 g/mol. The van der Waals surface area contributed by atoms with Crippen molar-refractivity contribution < 1.29 is 13.9 Å². The molecule has 2 aromatic rings. The van der Waals surface area contributed by atoms with E-state index in [0.717, 1.165) is 0 Å². The van der Waals surface area contributed by atoms with Crippen molar-refractivity contribution in [2.24, 2.45) is 0 Å². The number of carbonyl (C=O) groups is 1. The van der Waals surface area contributed by atoms with Gasteiger partial charge in [-0.2, -0.15) is 0 Å². The quantitative estimate of drug-likeness (QED) is 0.787. The van der Waals surface area contributed by atoms with Crippen LogP contribution in [0.2, 0.25) is 0 Å². The number of ether oxygens (including phenoxy) is 1. The Balaban J connectivity index is 2.55. The molecule has 0 amide bonds. The Morgan fingerprint density at radius 3 is 3.13 bits per heavy atom. The van der Waals surface area contributed by atoms with Gasteiger partial charge in [-0.15, -0.1) is 0 Å². The fraction of sp³-hybridized carbons (Fsp3) is 0.200. The predicted octanol–water partition coefficient (Wildman–Crippen LogP) is 2.77. The molecule has 4 nitrogen and oxygen atoms in total. The van der Waals surface area contributed by atoms with Crippen LogP contribution in [0.3, 0.4) is 0 Å². The van der Waals surface area contributed by atoms with Crippen LogP contribution in [0.4, 0.5) is 0 Å². The molecule has 0 saturated heterocycles. The number of rotatable bonds is 2. The monoisotopic (exact) mass is 269 g/mol. The highest BCUT2D eigenvalue weighted by atomic mass is 79.9. The summed E-state index contributed by atoms with van der Waals surface area (Å²) in [5, 5.41) is 0. The summed E-state index contributed by atoms with van der Waals surface area (Å²) in [4.78, 5) is 16.0. The molecule has 1 heterocycles. The van der Waals surface area contributed by atoms with Crippen molar-refractivity contribution in [2.75, 3.05) is 6.61 Å². The molecule has 0 atom stereocenters. The molecule has 5 heteroatoms. The van der Waals surface area contributed by atoms with Crippen LogP contribution >= 0.6 is 15.9 Å². The number of nitrogens with zero attached hydrogens (tertiary/aromatic N) is 1. The summed E-state index contributed by atoms with van der Waals surface area (Å²) in [6, 6.07) is 5.14. The summed E-state index contributed by atoms with van der Waals surface area (Å²) >= 11 is 3.12. The number of benzene rings is 1. The molecule has 0 N–H and O–H groups in total. The minimum absolute atomic E-state index is 0.342. The molecule has 0 unspecified atom stereocenters. The number of hydrogen-bond acceptors (Lipinski definition) is 4. The van der Waals surface area contributed by atoms with Gasteiger partial charge in [0.25, 0.3) is 4.80 Å². The first-order chi connectivity index (χ1) is 7.22. The summed E-state index contributed by atoms with van der Waals surface area (Å²) in [6.45, 7) is 2.10. The van der Waals surface area contributed by atoms with Crippen LogP contribution < -0.4 is 0 Å². The normalized spacial score (nSPS) is 10.5. The second-order valence-electron chi connectivity index (χ2n) is 2.84. The van der Waals surface area contributed by atoms with Crippen LogP contribution in [-0.2, 0) is 4.74 Å². The van der Waals surface area contributed by atoms with Gasteiger partial charge in [0.1, 0.15) is 5.52 Å². The minimum Gasteiger partial charge on any atom is -0.462 e. The smallest absolute Gasteiger partial charge is 0.340 e. The Morgan fingerprint density at radius 2 is 2.40 bits per heavy atom. The molecule has 0 bridgehead atoms. The van der Waals surface area contributed by atoms with Crippen LogP contribution in [0.15, 0.2) is 27.4 Å². The number of esters is 1.